The lowest BCUT2D eigenvalue weighted by atomic mass is 9.95. The van der Waals surface area contributed by atoms with Crippen LogP contribution in [0.5, 0.6) is 0 Å². The maximum atomic E-state index is 11.7. The summed E-state index contributed by atoms with van der Waals surface area (Å²) in [5.74, 6) is 0.968. The molecule has 96 valence electrons. The Morgan fingerprint density at radius 1 is 1.31 bits per heavy atom. The first kappa shape index (κ1) is 13.9. The van der Waals surface area contributed by atoms with E-state index in [1.54, 1.807) is 7.05 Å². The molecule has 0 aromatic carbocycles. The molecule has 16 heavy (non-hydrogen) atoms. The van der Waals surface area contributed by atoms with Gasteiger partial charge in [-0.25, -0.2) is 12.7 Å². The van der Waals surface area contributed by atoms with Gasteiger partial charge in [0, 0.05) is 13.6 Å². The van der Waals surface area contributed by atoms with Gasteiger partial charge in [-0.1, -0.05) is 6.92 Å². The van der Waals surface area contributed by atoms with Crippen LogP contribution in [0.25, 0.3) is 0 Å². The highest BCUT2D eigenvalue weighted by molar-refractivity contribution is 7.89. The zero-order chi connectivity index (χ0) is 12.0. The molecule has 0 radical (unpaired) electrons. The molecule has 0 aromatic heterocycles. The number of piperidine rings is 1. The van der Waals surface area contributed by atoms with Crippen LogP contribution in [0.4, 0.5) is 0 Å². The van der Waals surface area contributed by atoms with Crippen LogP contribution in [-0.2, 0) is 10.0 Å². The molecule has 1 aliphatic rings. The van der Waals surface area contributed by atoms with E-state index in [1.807, 2.05) is 6.92 Å². The molecule has 0 aliphatic carbocycles. The average Bonchev–Trinajstić information content (AvgIpc) is 2.27. The molecule has 0 atom stereocenters. The Labute approximate surface area is 99.5 Å². The lowest BCUT2D eigenvalue weighted by Crippen LogP contribution is -2.33. The molecule has 0 spiro atoms. The molecule has 1 fully saturated rings. The summed E-state index contributed by atoms with van der Waals surface area (Å²) in [7, 11) is -1.29. The van der Waals surface area contributed by atoms with Crippen molar-refractivity contribution >= 4 is 10.0 Å². The van der Waals surface area contributed by atoms with Crippen molar-refractivity contribution in [3.63, 3.8) is 0 Å². The van der Waals surface area contributed by atoms with E-state index in [4.69, 9.17) is 0 Å². The van der Waals surface area contributed by atoms with Crippen LogP contribution in [0.15, 0.2) is 0 Å². The third kappa shape index (κ3) is 4.39. The lowest BCUT2D eigenvalue weighted by Gasteiger charge is -2.25. The summed E-state index contributed by atoms with van der Waals surface area (Å²) in [6, 6.07) is 0. The third-order valence-electron chi connectivity index (χ3n) is 3.25. The van der Waals surface area contributed by atoms with E-state index in [2.05, 4.69) is 5.32 Å². The molecule has 5 heteroatoms. The fourth-order valence-electron chi connectivity index (χ4n) is 2.09. The molecule has 1 N–H and O–H groups in total. The summed E-state index contributed by atoms with van der Waals surface area (Å²) in [5, 5.41) is 3.32. The highest BCUT2D eigenvalue weighted by Gasteiger charge is 2.19. The van der Waals surface area contributed by atoms with Gasteiger partial charge in [-0.3, -0.25) is 0 Å². The summed E-state index contributed by atoms with van der Waals surface area (Å²) in [6.07, 6.45) is 4.06. The van der Waals surface area contributed by atoms with Gasteiger partial charge in [-0.2, -0.15) is 0 Å². The van der Waals surface area contributed by atoms with E-state index in [0.717, 1.165) is 19.5 Å². The van der Waals surface area contributed by atoms with E-state index in [9.17, 15) is 8.42 Å². The summed E-state index contributed by atoms with van der Waals surface area (Å²) in [5.41, 5.74) is 0. The number of sulfonamides is 1. The number of rotatable bonds is 6. The Morgan fingerprint density at radius 3 is 2.50 bits per heavy atom. The maximum absolute atomic E-state index is 11.7. The first-order chi connectivity index (χ1) is 7.56. The molecule has 4 nitrogen and oxygen atoms in total. The van der Waals surface area contributed by atoms with E-state index in [0.29, 0.717) is 18.9 Å². The molecule has 1 aliphatic heterocycles. The lowest BCUT2D eigenvalue weighted by molar-refractivity contribution is 0.326. The number of nitrogens with one attached hydrogen (secondary N) is 1. The smallest absolute Gasteiger partial charge is 0.213 e. The monoisotopic (exact) mass is 248 g/mol. The Balaban J connectivity index is 2.30. The average molecular weight is 248 g/mol. The van der Waals surface area contributed by atoms with Crippen LogP contribution >= 0.6 is 0 Å². The predicted molar refractivity (Wildman–Crippen MR) is 66.9 cm³/mol. The molecule has 1 saturated heterocycles. The van der Waals surface area contributed by atoms with Crippen molar-refractivity contribution in [3.05, 3.63) is 0 Å². The number of hydrogen-bond acceptors (Lipinski definition) is 3. The summed E-state index contributed by atoms with van der Waals surface area (Å²) >= 11 is 0. The van der Waals surface area contributed by atoms with Crippen LogP contribution in [0.2, 0.25) is 0 Å². The van der Waals surface area contributed by atoms with Crippen molar-refractivity contribution in [2.75, 3.05) is 32.4 Å². The standard InChI is InChI=1S/C11H24N2O2S/c1-3-10-16(14,15)13(2)9-6-11-4-7-12-8-5-11/h11-12H,3-10H2,1-2H3. The van der Waals surface area contributed by atoms with Gasteiger partial charge in [0.1, 0.15) is 0 Å². The minimum atomic E-state index is -2.99. The van der Waals surface area contributed by atoms with E-state index >= 15 is 0 Å². The first-order valence-corrected chi connectivity index (χ1v) is 7.82. The molecule has 1 heterocycles. The number of hydrogen-bond donors (Lipinski definition) is 1. The van der Waals surface area contributed by atoms with Gasteiger partial charge in [0.25, 0.3) is 0 Å². The van der Waals surface area contributed by atoms with Crippen LogP contribution in [0, 0.1) is 5.92 Å². The van der Waals surface area contributed by atoms with Gasteiger partial charge in [0.2, 0.25) is 10.0 Å². The Hall–Kier alpha value is -0.130. The molecule has 0 amide bonds. The molecule has 0 bridgehead atoms. The van der Waals surface area contributed by atoms with Crippen molar-refractivity contribution in [2.45, 2.75) is 32.6 Å². The van der Waals surface area contributed by atoms with Crippen LogP contribution < -0.4 is 5.32 Å². The molecule has 0 saturated carbocycles. The van der Waals surface area contributed by atoms with Gasteiger partial charge in [-0.05, 0) is 44.7 Å². The topological polar surface area (TPSA) is 49.4 Å². The maximum Gasteiger partial charge on any atom is 0.213 e. The van der Waals surface area contributed by atoms with Gasteiger partial charge in [0.15, 0.2) is 0 Å². The molecular weight excluding hydrogens is 224 g/mol. The van der Waals surface area contributed by atoms with Gasteiger partial charge >= 0.3 is 0 Å². The Bertz CT molecular complexity index is 284. The fourth-order valence-corrected chi connectivity index (χ4v) is 3.30. The first-order valence-electron chi connectivity index (χ1n) is 6.21. The molecule has 0 aromatic rings. The second-order valence-corrected chi connectivity index (χ2v) is 6.82. The van der Waals surface area contributed by atoms with E-state index in [-0.39, 0.29) is 5.75 Å². The van der Waals surface area contributed by atoms with Crippen molar-refractivity contribution in [1.82, 2.24) is 9.62 Å². The highest BCUT2D eigenvalue weighted by atomic mass is 32.2. The van der Waals surface area contributed by atoms with Crippen LogP contribution in [0.3, 0.4) is 0 Å². The van der Waals surface area contributed by atoms with Crippen LogP contribution in [0.1, 0.15) is 32.6 Å². The normalized spacial score (nSPS) is 19.2. The van der Waals surface area contributed by atoms with Gasteiger partial charge < -0.3 is 5.32 Å². The zero-order valence-electron chi connectivity index (χ0n) is 10.4. The highest BCUT2D eigenvalue weighted by Crippen LogP contribution is 2.16. The van der Waals surface area contributed by atoms with Crippen LogP contribution in [-0.4, -0.2) is 45.2 Å². The van der Waals surface area contributed by atoms with E-state index < -0.39 is 10.0 Å². The van der Waals surface area contributed by atoms with Crippen molar-refractivity contribution in [2.24, 2.45) is 5.92 Å². The van der Waals surface area contributed by atoms with E-state index in [1.165, 1.54) is 17.1 Å². The quantitative estimate of drug-likeness (QED) is 0.764. The van der Waals surface area contributed by atoms with Gasteiger partial charge in [-0.15, -0.1) is 0 Å². The minimum absolute atomic E-state index is 0.274. The minimum Gasteiger partial charge on any atom is -0.317 e. The summed E-state index contributed by atoms with van der Waals surface area (Å²) < 4.78 is 25.0. The van der Waals surface area contributed by atoms with Crippen molar-refractivity contribution in [3.8, 4) is 0 Å². The summed E-state index contributed by atoms with van der Waals surface area (Å²) in [4.78, 5) is 0. The SMILES string of the molecule is CCCS(=O)(=O)N(C)CCC1CCNCC1. The molecule has 0 unspecified atom stereocenters. The molecule has 1 rings (SSSR count). The van der Waals surface area contributed by atoms with Crippen molar-refractivity contribution in [1.29, 1.82) is 0 Å². The Morgan fingerprint density at radius 2 is 1.94 bits per heavy atom. The number of nitrogens with zero attached hydrogens (tertiary/aromatic N) is 1. The molecular formula is C11H24N2O2S. The second-order valence-electron chi connectivity index (χ2n) is 4.62. The Kier molecular flexibility index (Phi) is 5.72. The predicted octanol–water partition coefficient (Wildman–Crippen LogP) is 1.05. The van der Waals surface area contributed by atoms with Gasteiger partial charge in [0.05, 0.1) is 5.75 Å². The fraction of sp³-hybridized carbons (Fsp3) is 1.00. The third-order valence-corrected chi connectivity index (χ3v) is 5.30. The van der Waals surface area contributed by atoms with Crippen molar-refractivity contribution < 1.29 is 8.42 Å². The largest absolute Gasteiger partial charge is 0.317 e. The zero-order valence-corrected chi connectivity index (χ0v) is 11.2. The second kappa shape index (κ2) is 6.57. The summed E-state index contributed by atoms with van der Waals surface area (Å²) in [6.45, 7) is 4.73.